The summed E-state index contributed by atoms with van der Waals surface area (Å²) in [7, 11) is 0. The molecule has 2 saturated carbocycles. The highest BCUT2D eigenvalue weighted by molar-refractivity contribution is 5.81. The Morgan fingerprint density at radius 2 is 0.833 bits per heavy atom. The molecule has 0 heterocycles. The third kappa shape index (κ3) is 11.0. The lowest BCUT2D eigenvalue weighted by atomic mass is 9.69. The molecule has 36 heavy (non-hydrogen) atoms. The molecule has 0 N–H and O–H groups in total. The second kappa shape index (κ2) is 16.9. The van der Waals surface area contributed by atoms with E-state index in [4.69, 9.17) is 18.9 Å². The van der Waals surface area contributed by atoms with E-state index in [2.05, 4.69) is 13.2 Å². The van der Waals surface area contributed by atoms with Crippen LogP contribution in [0.1, 0.15) is 77.0 Å². The first-order valence-electron chi connectivity index (χ1n) is 13.4. The number of ether oxygens (including phenoxy) is 4. The molecule has 0 aromatic carbocycles. The van der Waals surface area contributed by atoms with Crippen LogP contribution in [0.2, 0.25) is 0 Å². The van der Waals surface area contributed by atoms with Crippen molar-refractivity contribution < 1.29 is 38.1 Å². The van der Waals surface area contributed by atoms with Crippen LogP contribution in [0, 0.1) is 23.7 Å². The Kier molecular flexibility index (Phi) is 13.9. The van der Waals surface area contributed by atoms with Gasteiger partial charge in [0, 0.05) is 12.2 Å². The standard InChI is InChI=1S/C28H42O8/c1-3-25(29)33-17-5-7-19-35-27(31)23-13-9-21(10-14-23)22-11-15-24(16-12-22)28(32)36-20-8-6-18-34-26(30)4-2/h3-4,21-24H,1-2,5-20H2. The minimum atomic E-state index is -0.436. The van der Waals surface area contributed by atoms with Gasteiger partial charge in [-0.2, -0.15) is 0 Å². The highest BCUT2D eigenvalue weighted by Crippen LogP contribution is 2.41. The van der Waals surface area contributed by atoms with E-state index in [-0.39, 0.29) is 23.8 Å². The molecule has 2 rings (SSSR count). The number of carbonyl (C=O) groups is 4. The van der Waals surface area contributed by atoms with Gasteiger partial charge in [0.25, 0.3) is 0 Å². The third-order valence-electron chi connectivity index (χ3n) is 7.26. The monoisotopic (exact) mass is 506 g/mol. The topological polar surface area (TPSA) is 105 Å². The number of rotatable bonds is 15. The molecule has 0 aromatic heterocycles. The maximum Gasteiger partial charge on any atom is 0.330 e. The van der Waals surface area contributed by atoms with E-state index in [1.165, 1.54) is 0 Å². The van der Waals surface area contributed by atoms with E-state index in [0.29, 0.717) is 63.9 Å². The minimum absolute atomic E-state index is 0.0218. The molecule has 0 amide bonds. The summed E-state index contributed by atoms with van der Waals surface area (Å²) in [6.07, 6.45) is 12.5. The van der Waals surface area contributed by atoms with Crippen molar-refractivity contribution in [3.05, 3.63) is 25.3 Å². The summed E-state index contributed by atoms with van der Waals surface area (Å²) >= 11 is 0. The zero-order valence-electron chi connectivity index (χ0n) is 21.5. The van der Waals surface area contributed by atoms with Gasteiger partial charge in [0.05, 0.1) is 38.3 Å². The Bertz CT molecular complexity index is 668. The first-order chi connectivity index (χ1) is 17.4. The van der Waals surface area contributed by atoms with Crippen molar-refractivity contribution in [1.29, 1.82) is 0 Å². The van der Waals surface area contributed by atoms with E-state index in [1.54, 1.807) is 0 Å². The Morgan fingerprint density at radius 3 is 1.14 bits per heavy atom. The largest absolute Gasteiger partial charge is 0.465 e. The van der Waals surface area contributed by atoms with Gasteiger partial charge in [-0.3, -0.25) is 9.59 Å². The maximum absolute atomic E-state index is 12.4. The Morgan fingerprint density at radius 1 is 0.528 bits per heavy atom. The molecule has 202 valence electrons. The van der Waals surface area contributed by atoms with Gasteiger partial charge >= 0.3 is 23.9 Å². The van der Waals surface area contributed by atoms with Gasteiger partial charge in [0.2, 0.25) is 0 Å². The van der Waals surface area contributed by atoms with Gasteiger partial charge in [-0.05, 0) is 88.9 Å². The molecule has 0 aliphatic heterocycles. The van der Waals surface area contributed by atoms with E-state index in [0.717, 1.165) is 63.5 Å². The number of carbonyl (C=O) groups excluding carboxylic acids is 4. The fraction of sp³-hybridized carbons (Fsp3) is 0.714. The van der Waals surface area contributed by atoms with Crippen LogP contribution in [0.15, 0.2) is 25.3 Å². The second-order valence-electron chi connectivity index (χ2n) is 9.72. The summed E-state index contributed by atoms with van der Waals surface area (Å²) in [6.45, 7) is 8.01. The lowest BCUT2D eigenvalue weighted by molar-refractivity contribution is -0.152. The maximum atomic E-state index is 12.4. The molecule has 0 spiro atoms. The van der Waals surface area contributed by atoms with Crippen molar-refractivity contribution in [2.24, 2.45) is 23.7 Å². The average Bonchev–Trinajstić information content (AvgIpc) is 2.92. The molecular formula is C28H42O8. The van der Waals surface area contributed by atoms with E-state index >= 15 is 0 Å². The summed E-state index contributed by atoms with van der Waals surface area (Å²) < 4.78 is 20.7. The summed E-state index contributed by atoms with van der Waals surface area (Å²) in [6, 6.07) is 0. The van der Waals surface area contributed by atoms with E-state index in [1.807, 2.05) is 0 Å². The lowest BCUT2D eigenvalue weighted by Gasteiger charge is -2.36. The zero-order valence-corrected chi connectivity index (χ0v) is 21.5. The van der Waals surface area contributed by atoms with Crippen LogP contribution < -0.4 is 0 Å². The van der Waals surface area contributed by atoms with Gasteiger partial charge in [-0.25, -0.2) is 9.59 Å². The molecule has 0 aromatic rings. The van der Waals surface area contributed by atoms with Gasteiger partial charge < -0.3 is 18.9 Å². The zero-order chi connectivity index (χ0) is 26.2. The Labute approximate surface area is 214 Å². The van der Waals surface area contributed by atoms with Crippen LogP contribution in [-0.4, -0.2) is 50.3 Å². The van der Waals surface area contributed by atoms with Crippen molar-refractivity contribution in [2.45, 2.75) is 77.0 Å². The SMILES string of the molecule is C=CC(=O)OCCCCOC(=O)C1CCC(C2CCC(C(=O)OCCCCOC(=O)C=C)CC2)CC1. The third-order valence-corrected chi connectivity index (χ3v) is 7.26. The fourth-order valence-electron chi connectivity index (χ4n) is 5.11. The quantitative estimate of drug-likeness (QED) is 0.136. The molecule has 0 bridgehead atoms. The molecule has 0 saturated heterocycles. The predicted molar refractivity (Wildman–Crippen MR) is 134 cm³/mol. The van der Waals surface area contributed by atoms with Gasteiger partial charge in [-0.15, -0.1) is 0 Å². The Balaban J connectivity index is 1.53. The fourth-order valence-corrected chi connectivity index (χ4v) is 5.11. The molecule has 0 unspecified atom stereocenters. The molecule has 8 heteroatoms. The Hall–Kier alpha value is -2.64. The lowest BCUT2D eigenvalue weighted by Crippen LogP contribution is -2.31. The van der Waals surface area contributed by atoms with Crippen molar-refractivity contribution in [1.82, 2.24) is 0 Å². The molecule has 0 atom stereocenters. The number of hydrogen-bond acceptors (Lipinski definition) is 8. The van der Waals surface area contributed by atoms with Crippen LogP contribution in [0.25, 0.3) is 0 Å². The number of esters is 4. The molecule has 2 fully saturated rings. The highest BCUT2D eigenvalue weighted by atomic mass is 16.5. The number of unbranched alkanes of at least 4 members (excludes halogenated alkanes) is 2. The van der Waals surface area contributed by atoms with E-state index < -0.39 is 11.9 Å². The van der Waals surface area contributed by atoms with Gasteiger partial charge in [0.1, 0.15) is 0 Å². The normalized spacial score (nSPS) is 23.7. The molecule has 2 aliphatic carbocycles. The van der Waals surface area contributed by atoms with E-state index in [9.17, 15) is 19.2 Å². The van der Waals surface area contributed by atoms with Crippen LogP contribution in [0.3, 0.4) is 0 Å². The van der Waals surface area contributed by atoms with Crippen LogP contribution >= 0.6 is 0 Å². The first-order valence-corrected chi connectivity index (χ1v) is 13.4. The van der Waals surface area contributed by atoms with Crippen molar-refractivity contribution in [3.63, 3.8) is 0 Å². The van der Waals surface area contributed by atoms with Crippen LogP contribution in [0.4, 0.5) is 0 Å². The van der Waals surface area contributed by atoms with Gasteiger partial charge in [-0.1, -0.05) is 13.2 Å². The van der Waals surface area contributed by atoms with Crippen LogP contribution in [0.5, 0.6) is 0 Å². The average molecular weight is 507 g/mol. The van der Waals surface area contributed by atoms with Crippen molar-refractivity contribution >= 4 is 23.9 Å². The summed E-state index contributed by atoms with van der Waals surface area (Å²) in [4.78, 5) is 46.7. The summed E-state index contributed by atoms with van der Waals surface area (Å²) in [5.74, 6) is 0.0958. The molecule has 2 aliphatic rings. The minimum Gasteiger partial charge on any atom is -0.465 e. The first kappa shape index (κ1) is 29.6. The molecule has 8 nitrogen and oxygen atoms in total. The van der Waals surface area contributed by atoms with Crippen LogP contribution in [-0.2, 0) is 38.1 Å². The summed E-state index contributed by atoms with van der Waals surface area (Å²) in [5, 5.41) is 0. The second-order valence-corrected chi connectivity index (χ2v) is 9.72. The highest BCUT2D eigenvalue weighted by Gasteiger charge is 2.35. The van der Waals surface area contributed by atoms with Crippen molar-refractivity contribution in [3.8, 4) is 0 Å². The van der Waals surface area contributed by atoms with Crippen molar-refractivity contribution in [2.75, 3.05) is 26.4 Å². The predicted octanol–water partition coefficient (Wildman–Crippen LogP) is 4.70. The molecule has 0 radical (unpaired) electrons. The molecular weight excluding hydrogens is 464 g/mol. The number of hydrogen-bond donors (Lipinski definition) is 0. The summed E-state index contributed by atoms with van der Waals surface area (Å²) in [5.41, 5.74) is 0. The van der Waals surface area contributed by atoms with Gasteiger partial charge in [0.15, 0.2) is 0 Å². The smallest absolute Gasteiger partial charge is 0.330 e.